The Bertz CT molecular complexity index is 86.9. The number of ketones is 1. The first-order valence-electron chi connectivity index (χ1n) is 3.36. The quantitative estimate of drug-likeness (QED) is 0.619. The van der Waals surface area contributed by atoms with Crippen LogP contribution in [-0.4, -0.2) is 17.0 Å². The van der Waals surface area contributed by atoms with Crippen LogP contribution in [0.1, 0.15) is 33.1 Å². The number of rotatable bonds is 4. The second kappa shape index (κ2) is 4.50. The number of aliphatic hydroxyl groups excluding tert-OH is 1. The molecule has 0 amide bonds. The van der Waals surface area contributed by atoms with Crippen molar-refractivity contribution in [2.75, 3.05) is 0 Å². The number of hydrogen-bond donors (Lipinski definition) is 1. The summed E-state index contributed by atoms with van der Waals surface area (Å²) in [6.45, 7) is 3.59. The molecule has 0 heterocycles. The van der Waals surface area contributed by atoms with Gasteiger partial charge in [0, 0.05) is 12.8 Å². The first-order chi connectivity index (χ1) is 4.16. The maximum atomic E-state index is 10.7. The second-order valence-electron chi connectivity index (χ2n) is 2.34. The van der Waals surface area contributed by atoms with Gasteiger partial charge in [0.15, 0.2) is 0 Å². The van der Waals surface area contributed by atoms with Crippen molar-refractivity contribution in [1.82, 2.24) is 0 Å². The zero-order valence-electron chi connectivity index (χ0n) is 6.05. The number of carbonyl (C=O) groups is 1. The van der Waals surface area contributed by atoms with Crippen molar-refractivity contribution < 1.29 is 9.90 Å². The third-order valence-electron chi connectivity index (χ3n) is 1.05. The minimum Gasteiger partial charge on any atom is -0.393 e. The van der Waals surface area contributed by atoms with E-state index >= 15 is 0 Å². The lowest BCUT2D eigenvalue weighted by Crippen LogP contribution is -2.08. The highest BCUT2D eigenvalue weighted by Crippen LogP contribution is 1.97. The summed E-state index contributed by atoms with van der Waals surface area (Å²) in [7, 11) is 0. The molecule has 0 aliphatic carbocycles. The Kier molecular flexibility index (Phi) is 4.32. The van der Waals surface area contributed by atoms with Crippen molar-refractivity contribution in [2.45, 2.75) is 39.2 Å². The van der Waals surface area contributed by atoms with Crippen molar-refractivity contribution in [3.8, 4) is 0 Å². The highest BCUT2D eigenvalue weighted by Gasteiger charge is 2.03. The third kappa shape index (κ3) is 5.50. The second-order valence-corrected chi connectivity index (χ2v) is 2.34. The average Bonchev–Trinajstić information content (AvgIpc) is 1.63. The zero-order chi connectivity index (χ0) is 7.28. The highest BCUT2D eigenvalue weighted by atomic mass is 16.3. The minimum absolute atomic E-state index is 0.160. The van der Waals surface area contributed by atoms with Crippen LogP contribution in [0.2, 0.25) is 0 Å². The average molecular weight is 130 g/mol. The normalized spacial score (nSPS) is 13.2. The molecule has 9 heavy (non-hydrogen) atoms. The zero-order valence-corrected chi connectivity index (χ0v) is 6.05. The van der Waals surface area contributed by atoms with E-state index in [-0.39, 0.29) is 5.78 Å². The van der Waals surface area contributed by atoms with Gasteiger partial charge < -0.3 is 5.11 Å². The smallest absolute Gasteiger partial charge is 0.135 e. The number of Topliss-reactive ketones (excluding diaryl/α,β-unsaturated/α-hetero) is 1. The van der Waals surface area contributed by atoms with Crippen molar-refractivity contribution in [3.05, 3.63) is 0 Å². The molecule has 1 N–H and O–H groups in total. The summed E-state index contributed by atoms with van der Waals surface area (Å²) < 4.78 is 0. The van der Waals surface area contributed by atoms with Crippen LogP contribution in [0, 0.1) is 0 Å². The Labute approximate surface area is 55.9 Å². The maximum Gasteiger partial charge on any atom is 0.135 e. The number of aliphatic hydroxyl groups is 1. The Morgan fingerprint density at radius 1 is 1.67 bits per heavy atom. The molecule has 1 unspecified atom stereocenters. The molecule has 2 heteroatoms. The fourth-order valence-electron chi connectivity index (χ4n) is 0.710. The van der Waals surface area contributed by atoms with Gasteiger partial charge in [0.2, 0.25) is 0 Å². The molecule has 2 nitrogen and oxygen atoms in total. The van der Waals surface area contributed by atoms with E-state index in [1.165, 1.54) is 0 Å². The van der Waals surface area contributed by atoms with Crippen molar-refractivity contribution in [2.24, 2.45) is 0 Å². The first-order valence-corrected chi connectivity index (χ1v) is 3.36. The maximum absolute atomic E-state index is 10.7. The molecule has 0 aliphatic heterocycles. The SMILES string of the molecule is CCCC(=O)CC(C)O. The predicted octanol–water partition coefficient (Wildman–Crippen LogP) is 1.13. The van der Waals surface area contributed by atoms with Gasteiger partial charge in [-0.3, -0.25) is 4.79 Å². The summed E-state index contributed by atoms with van der Waals surface area (Å²) >= 11 is 0. The van der Waals surface area contributed by atoms with Crippen LogP contribution in [0.4, 0.5) is 0 Å². The monoisotopic (exact) mass is 130 g/mol. The Hall–Kier alpha value is -0.370. The number of carbonyl (C=O) groups excluding carboxylic acids is 1. The highest BCUT2D eigenvalue weighted by molar-refractivity contribution is 5.78. The topological polar surface area (TPSA) is 37.3 Å². The largest absolute Gasteiger partial charge is 0.393 e. The molecular weight excluding hydrogens is 116 g/mol. The molecule has 0 rings (SSSR count). The lowest BCUT2D eigenvalue weighted by atomic mass is 10.1. The Balaban J connectivity index is 3.27. The summed E-state index contributed by atoms with van der Waals surface area (Å²) in [4.78, 5) is 10.7. The van der Waals surface area contributed by atoms with Gasteiger partial charge in [-0.2, -0.15) is 0 Å². The molecule has 0 bridgehead atoms. The van der Waals surface area contributed by atoms with Gasteiger partial charge in [0.05, 0.1) is 6.10 Å². The Morgan fingerprint density at radius 3 is 2.56 bits per heavy atom. The molecule has 0 aromatic rings. The fourth-order valence-corrected chi connectivity index (χ4v) is 0.710. The summed E-state index contributed by atoms with van der Waals surface area (Å²) in [5.74, 6) is 0.160. The van der Waals surface area contributed by atoms with Crippen LogP contribution >= 0.6 is 0 Å². The molecule has 54 valence electrons. The molecule has 0 saturated carbocycles. The molecule has 0 saturated heterocycles. The van der Waals surface area contributed by atoms with Crippen LogP contribution < -0.4 is 0 Å². The molecule has 1 atom stereocenters. The summed E-state index contributed by atoms with van der Waals surface area (Å²) in [6.07, 6.45) is 1.33. The Morgan fingerprint density at radius 2 is 2.22 bits per heavy atom. The summed E-state index contributed by atoms with van der Waals surface area (Å²) in [5.41, 5.74) is 0. The predicted molar refractivity (Wildman–Crippen MR) is 36.2 cm³/mol. The van der Waals surface area contributed by atoms with E-state index in [9.17, 15) is 4.79 Å². The molecular formula is C7H14O2. The van der Waals surface area contributed by atoms with Gasteiger partial charge in [-0.1, -0.05) is 6.92 Å². The lowest BCUT2D eigenvalue weighted by Gasteiger charge is -1.99. The van der Waals surface area contributed by atoms with E-state index in [4.69, 9.17) is 5.11 Å². The minimum atomic E-state index is -0.468. The molecule has 0 fully saturated rings. The first kappa shape index (κ1) is 8.63. The van der Waals surface area contributed by atoms with Gasteiger partial charge in [-0.05, 0) is 13.3 Å². The molecule has 0 aliphatic rings. The van der Waals surface area contributed by atoms with Crippen LogP contribution in [0.3, 0.4) is 0 Å². The molecule has 0 radical (unpaired) electrons. The van der Waals surface area contributed by atoms with E-state index in [1.54, 1.807) is 6.92 Å². The summed E-state index contributed by atoms with van der Waals surface area (Å²) in [5, 5.41) is 8.73. The van der Waals surface area contributed by atoms with Crippen molar-refractivity contribution in [1.29, 1.82) is 0 Å². The van der Waals surface area contributed by atoms with Gasteiger partial charge in [-0.25, -0.2) is 0 Å². The van der Waals surface area contributed by atoms with E-state index in [2.05, 4.69) is 0 Å². The van der Waals surface area contributed by atoms with Crippen LogP contribution in [-0.2, 0) is 4.79 Å². The van der Waals surface area contributed by atoms with E-state index in [1.807, 2.05) is 6.92 Å². The van der Waals surface area contributed by atoms with Gasteiger partial charge in [0.1, 0.15) is 5.78 Å². The van der Waals surface area contributed by atoms with Crippen LogP contribution in [0.5, 0.6) is 0 Å². The van der Waals surface area contributed by atoms with E-state index < -0.39 is 6.10 Å². The molecule has 0 aromatic heterocycles. The van der Waals surface area contributed by atoms with Gasteiger partial charge in [0.25, 0.3) is 0 Å². The summed E-state index contributed by atoms with van der Waals surface area (Å²) in [6, 6.07) is 0. The molecule has 0 spiro atoms. The molecule has 0 aromatic carbocycles. The van der Waals surface area contributed by atoms with Crippen molar-refractivity contribution >= 4 is 5.78 Å². The van der Waals surface area contributed by atoms with Crippen LogP contribution in [0.25, 0.3) is 0 Å². The standard InChI is InChI=1S/C7H14O2/c1-3-4-7(9)5-6(2)8/h6,8H,3-5H2,1-2H3. The van der Waals surface area contributed by atoms with Gasteiger partial charge in [-0.15, -0.1) is 0 Å². The fraction of sp³-hybridized carbons (Fsp3) is 0.857. The third-order valence-corrected chi connectivity index (χ3v) is 1.05. The van der Waals surface area contributed by atoms with Crippen molar-refractivity contribution in [3.63, 3.8) is 0 Å². The van der Waals surface area contributed by atoms with E-state index in [0.717, 1.165) is 6.42 Å². The number of hydrogen-bond acceptors (Lipinski definition) is 2. The van der Waals surface area contributed by atoms with Gasteiger partial charge >= 0.3 is 0 Å². The van der Waals surface area contributed by atoms with Crippen LogP contribution in [0.15, 0.2) is 0 Å². The van der Waals surface area contributed by atoms with E-state index in [0.29, 0.717) is 12.8 Å². The lowest BCUT2D eigenvalue weighted by molar-refractivity contribution is -0.120.